The van der Waals surface area contributed by atoms with Crippen LogP contribution in [-0.2, 0) is 0 Å². The second kappa shape index (κ2) is 11.3. The summed E-state index contributed by atoms with van der Waals surface area (Å²) < 4.78 is 0. The molecular weight excluding hydrogens is 456 g/mol. The van der Waals surface area contributed by atoms with Gasteiger partial charge < -0.3 is 20.4 Å². The van der Waals surface area contributed by atoms with Crippen molar-refractivity contribution >= 4 is 23.9 Å². The SMILES string of the molecule is Oc1ccc(/C=N/N=C(/C(=N/N=C/c2ccc(O)cc2O)c2ccccc2)c2ccccc2)c(O)c1. The zero-order valence-corrected chi connectivity index (χ0v) is 19.0. The molecule has 0 heterocycles. The largest absolute Gasteiger partial charge is 0.508 e. The third-order valence-electron chi connectivity index (χ3n) is 5.06. The van der Waals surface area contributed by atoms with Gasteiger partial charge in [-0.15, -0.1) is 10.2 Å². The monoisotopic (exact) mass is 478 g/mol. The topological polar surface area (TPSA) is 130 Å². The third-order valence-corrected chi connectivity index (χ3v) is 5.06. The van der Waals surface area contributed by atoms with E-state index in [2.05, 4.69) is 20.4 Å². The number of phenols is 4. The third kappa shape index (κ3) is 6.00. The predicted octanol–water partition coefficient (Wildman–Crippen LogP) is 4.86. The Balaban J connectivity index is 1.79. The lowest BCUT2D eigenvalue weighted by Crippen LogP contribution is -2.17. The number of phenolic OH excluding ortho intramolecular Hbond substituents is 4. The van der Waals surface area contributed by atoms with Crippen molar-refractivity contribution in [1.29, 1.82) is 0 Å². The minimum Gasteiger partial charge on any atom is -0.508 e. The molecule has 0 unspecified atom stereocenters. The highest BCUT2D eigenvalue weighted by Gasteiger charge is 2.15. The van der Waals surface area contributed by atoms with E-state index in [-0.39, 0.29) is 23.0 Å². The Hall–Kier alpha value is -5.24. The van der Waals surface area contributed by atoms with Crippen LogP contribution in [0.15, 0.2) is 117 Å². The van der Waals surface area contributed by atoms with E-state index in [4.69, 9.17) is 0 Å². The maximum atomic E-state index is 10.0. The van der Waals surface area contributed by atoms with E-state index in [0.717, 1.165) is 11.1 Å². The molecule has 0 radical (unpaired) electrons. The highest BCUT2D eigenvalue weighted by molar-refractivity contribution is 6.53. The Morgan fingerprint density at radius 2 is 0.889 bits per heavy atom. The van der Waals surface area contributed by atoms with Crippen molar-refractivity contribution in [2.45, 2.75) is 0 Å². The van der Waals surface area contributed by atoms with Crippen LogP contribution in [0.2, 0.25) is 0 Å². The first-order valence-electron chi connectivity index (χ1n) is 10.9. The molecule has 0 saturated heterocycles. The summed E-state index contributed by atoms with van der Waals surface area (Å²) in [6.07, 6.45) is 2.75. The summed E-state index contributed by atoms with van der Waals surface area (Å²) >= 11 is 0. The van der Waals surface area contributed by atoms with Crippen molar-refractivity contribution in [1.82, 2.24) is 0 Å². The zero-order chi connectivity index (χ0) is 25.3. The van der Waals surface area contributed by atoms with Crippen molar-refractivity contribution in [3.05, 3.63) is 119 Å². The Bertz CT molecular complexity index is 1350. The van der Waals surface area contributed by atoms with Crippen molar-refractivity contribution in [2.75, 3.05) is 0 Å². The van der Waals surface area contributed by atoms with Crippen LogP contribution in [0.4, 0.5) is 0 Å². The molecule has 8 nitrogen and oxygen atoms in total. The Labute approximate surface area is 207 Å². The lowest BCUT2D eigenvalue weighted by molar-refractivity contribution is 0.449. The summed E-state index contributed by atoms with van der Waals surface area (Å²) in [5.41, 5.74) is 3.06. The standard InChI is InChI=1S/C28H22N4O4/c33-23-13-11-21(25(35)15-23)17-29-31-27(19-7-3-1-4-8-19)28(20-9-5-2-6-10-20)32-30-18-22-12-14-24(34)16-26(22)36/h1-18,33-36H/b29-17+,30-18+,31-27+,32-28+. The highest BCUT2D eigenvalue weighted by atomic mass is 16.3. The van der Waals surface area contributed by atoms with Gasteiger partial charge in [0, 0.05) is 34.4 Å². The first kappa shape index (κ1) is 23.9. The van der Waals surface area contributed by atoms with Crippen molar-refractivity contribution < 1.29 is 20.4 Å². The fourth-order valence-electron chi connectivity index (χ4n) is 3.26. The summed E-state index contributed by atoms with van der Waals surface area (Å²) in [7, 11) is 0. The first-order chi connectivity index (χ1) is 17.5. The van der Waals surface area contributed by atoms with Gasteiger partial charge in [0.2, 0.25) is 0 Å². The van der Waals surface area contributed by atoms with E-state index >= 15 is 0 Å². The summed E-state index contributed by atoms with van der Waals surface area (Å²) in [5.74, 6) is -0.390. The van der Waals surface area contributed by atoms with Crippen molar-refractivity contribution in [3.8, 4) is 23.0 Å². The molecule has 0 saturated carbocycles. The predicted molar refractivity (Wildman–Crippen MR) is 141 cm³/mol. The zero-order valence-electron chi connectivity index (χ0n) is 19.0. The normalized spacial score (nSPS) is 12.4. The second-order valence-corrected chi connectivity index (χ2v) is 7.60. The van der Waals surface area contributed by atoms with Crippen LogP contribution < -0.4 is 0 Å². The molecule has 178 valence electrons. The van der Waals surface area contributed by atoms with Gasteiger partial charge >= 0.3 is 0 Å². The molecule has 0 bridgehead atoms. The number of hydrogen-bond acceptors (Lipinski definition) is 8. The quantitative estimate of drug-likeness (QED) is 0.223. The molecule has 0 aromatic heterocycles. The lowest BCUT2D eigenvalue weighted by atomic mass is 10.00. The molecule has 0 amide bonds. The van der Waals surface area contributed by atoms with Gasteiger partial charge in [-0.05, 0) is 24.3 Å². The van der Waals surface area contributed by atoms with E-state index in [1.807, 2.05) is 60.7 Å². The molecular formula is C28H22N4O4. The molecule has 4 aromatic rings. The van der Waals surface area contributed by atoms with E-state index in [1.54, 1.807) is 0 Å². The number of hydrogen-bond donors (Lipinski definition) is 4. The average Bonchev–Trinajstić information content (AvgIpc) is 2.88. The van der Waals surface area contributed by atoms with E-state index in [9.17, 15) is 20.4 Å². The number of nitrogens with zero attached hydrogens (tertiary/aromatic N) is 4. The Morgan fingerprint density at radius 3 is 1.25 bits per heavy atom. The molecule has 0 aliphatic heterocycles. The average molecular weight is 479 g/mol. The molecule has 0 atom stereocenters. The maximum absolute atomic E-state index is 10.0. The number of aromatic hydroxyl groups is 4. The lowest BCUT2D eigenvalue weighted by Gasteiger charge is -2.08. The molecule has 36 heavy (non-hydrogen) atoms. The van der Waals surface area contributed by atoms with E-state index in [0.29, 0.717) is 22.6 Å². The first-order valence-corrected chi connectivity index (χ1v) is 10.9. The summed E-state index contributed by atoms with van der Waals surface area (Å²) in [5, 5.41) is 56.3. The van der Waals surface area contributed by atoms with Gasteiger partial charge in [-0.25, -0.2) is 0 Å². The minimum absolute atomic E-state index is 0.0610. The fraction of sp³-hybridized carbons (Fsp3) is 0. The summed E-state index contributed by atoms with van der Waals surface area (Å²) in [6, 6.07) is 27.0. The van der Waals surface area contributed by atoms with Crippen LogP contribution in [0.5, 0.6) is 23.0 Å². The van der Waals surface area contributed by atoms with Gasteiger partial charge in [-0.1, -0.05) is 60.7 Å². The van der Waals surface area contributed by atoms with Gasteiger partial charge in [-0.3, -0.25) is 0 Å². The van der Waals surface area contributed by atoms with Gasteiger partial charge in [0.05, 0.1) is 12.4 Å². The van der Waals surface area contributed by atoms with Gasteiger partial charge in [0.25, 0.3) is 0 Å². The van der Waals surface area contributed by atoms with Gasteiger partial charge in [0.15, 0.2) is 0 Å². The molecule has 0 spiro atoms. The molecule has 4 N–H and O–H groups in total. The highest BCUT2D eigenvalue weighted by Crippen LogP contribution is 2.22. The van der Waals surface area contributed by atoms with E-state index in [1.165, 1.54) is 48.8 Å². The van der Waals surface area contributed by atoms with Crippen molar-refractivity contribution in [3.63, 3.8) is 0 Å². The molecule has 8 heteroatoms. The van der Waals surface area contributed by atoms with Gasteiger partial charge in [0.1, 0.15) is 34.4 Å². The molecule has 0 fully saturated rings. The van der Waals surface area contributed by atoms with Crippen LogP contribution >= 0.6 is 0 Å². The Kier molecular flexibility index (Phi) is 7.47. The maximum Gasteiger partial charge on any atom is 0.128 e. The number of benzene rings is 4. The van der Waals surface area contributed by atoms with Crippen LogP contribution in [0, 0.1) is 0 Å². The second-order valence-electron chi connectivity index (χ2n) is 7.60. The molecule has 0 aliphatic rings. The molecule has 4 rings (SSSR count). The van der Waals surface area contributed by atoms with Crippen LogP contribution in [0.25, 0.3) is 0 Å². The van der Waals surface area contributed by atoms with Crippen LogP contribution in [0.1, 0.15) is 22.3 Å². The minimum atomic E-state index is -0.134. The van der Waals surface area contributed by atoms with Gasteiger partial charge in [-0.2, -0.15) is 10.2 Å². The van der Waals surface area contributed by atoms with E-state index < -0.39 is 0 Å². The molecule has 4 aromatic carbocycles. The fourth-order valence-corrected chi connectivity index (χ4v) is 3.26. The summed E-state index contributed by atoms with van der Waals surface area (Å²) in [6.45, 7) is 0. The number of rotatable bonds is 7. The smallest absolute Gasteiger partial charge is 0.128 e. The van der Waals surface area contributed by atoms with Crippen LogP contribution in [-0.4, -0.2) is 44.3 Å². The Morgan fingerprint density at radius 1 is 0.500 bits per heavy atom. The summed E-state index contributed by atoms with van der Waals surface area (Å²) in [4.78, 5) is 0. The van der Waals surface area contributed by atoms with Crippen LogP contribution in [0.3, 0.4) is 0 Å². The van der Waals surface area contributed by atoms with Crippen molar-refractivity contribution in [2.24, 2.45) is 20.4 Å². The molecule has 0 aliphatic carbocycles.